The van der Waals surface area contributed by atoms with Crippen LogP contribution in [0.4, 0.5) is 0 Å². The lowest BCUT2D eigenvalue weighted by Gasteiger charge is -2.12. The van der Waals surface area contributed by atoms with Crippen molar-refractivity contribution >= 4 is 6.29 Å². The van der Waals surface area contributed by atoms with Crippen LogP contribution in [0.2, 0.25) is 0 Å². The van der Waals surface area contributed by atoms with E-state index >= 15 is 0 Å². The highest BCUT2D eigenvalue weighted by molar-refractivity contribution is 5.58. The Balaban J connectivity index is 3.51. The van der Waals surface area contributed by atoms with Gasteiger partial charge < -0.3 is 4.79 Å². The fourth-order valence-corrected chi connectivity index (χ4v) is 0.933. The molecule has 0 aromatic rings. The third-order valence-corrected chi connectivity index (χ3v) is 1.91. The van der Waals surface area contributed by atoms with E-state index in [0.717, 1.165) is 32.0 Å². The van der Waals surface area contributed by atoms with Crippen LogP contribution >= 0.6 is 0 Å². The Morgan fingerprint density at radius 3 is 2.46 bits per heavy atom. The van der Waals surface area contributed by atoms with E-state index in [2.05, 4.69) is 18.7 Å². The van der Waals surface area contributed by atoms with Crippen LogP contribution in [0.5, 0.6) is 0 Å². The Kier molecular flexibility index (Phi) is 6.21. The van der Waals surface area contributed by atoms with E-state index in [-0.39, 0.29) is 5.41 Å². The zero-order chi connectivity index (χ0) is 10.2. The molecular formula is C12H20O. The molecule has 0 saturated heterocycles. The molecule has 0 saturated carbocycles. The predicted octanol–water partition coefficient (Wildman–Crippen LogP) is 3.51. The van der Waals surface area contributed by atoms with E-state index in [1.54, 1.807) is 0 Å². The van der Waals surface area contributed by atoms with Crippen LogP contribution in [0.15, 0.2) is 24.8 Å². The number of hydrogen-bond donors (Lipinski definition) is 0. The van der Waals surface area contributed by atoms with Gasteiger partial charge in [0.15, 0.2) is 0 Å². The lowest BCUT2D eigenvalue weighted by Crippen LogP contribution is -2.10. The van der Waals surface area contributed by atoms with E-state index in [1.807, 2.05) is 19.9 Å². The molecule has 0 rings (SSSR count). The maximum absolute atomic E-state index is 10.5. The second kappa shape index (κ2) is 6.64. The van der Waals surface area contributed by atoms with E-state index in [0.29, 0.717) is 0 Å². The van der Waals surface area contributed by atoms with Gasteiger partial charge in [-0.05, 0) is 25.7 Å². The van der Waals surface area contributed by atoms with Gasteiger partial charge in [-0.2, -0.15) is 0 Å². The molecule has 1 heteroatoms. The maximum atomic E-state index is 10.5. The molecule has 0 fully saturated rings. The van der Waals surface area contributed by atoms with Crippen molar-refractivity contribution in [2.24, 2.45) is 5.41 Å². The summed E-state index contributed by atoms with van der Waals surface area (Å²) in [5.74, 6) is 0. The molecule has 0 spiro atoms. The number of hydrogen-bond acceptors (Lipinski definition) is 1. The fourth-order valence-electron chi connectivity index (χ4n) is 0.933. The largest absolute Gasteiger partial charge is 0.303 e. The summed E-state index contributed by atoms with van der Waals surface area (Å²) in [6.45, 7) is 7.57. The second-order valence-corrected chi connectivity index (χ2v) is 4.00. The molecule has 0 radical (unpaired) electrons. The van der Waals surface area contributed by atoms with Crippen molar-refractivity contribution < 1.29 is 4.79 Å². The minimum absolute atomic E-state index is 0.199. The quantitative estimate of drug-likeness (QED) is 0.333. The zero-order valence-corrected chi connectivity index (χ0v) is 8.75. The summed E-state index contributed by atoms with van der Waals surface area (Å²) in [6.07, 6.45) is 11.3. The van der Waals surface area contributed by atoms with Gasteiger partial charge in [-0.1, -0.05) is 32.1 Å². The average molecular weight is 180 g/mol. The molecule has 0 unspecified atom stereocenters. The SMILES string of the molecule is C=CCCC/C=C/CC(C)(C)C=O. The van der Waals surface area contributed by atoms with Gasteiger partial charge in [0, 0.05) is 5.41 Å². The van der Waals surface area contributed by atoms with Gasteiger partial charge >= 0.3 is 0 Å². The molecule has 0 aliphatic carbocycles. The summed E-state index contributed by atoms with van der Waals surface area (Å²) in [4.78, 5) is 10.5. The van der Waals surface area contributed by atoms with Crippen LogP contribution in [-0.4, -0.2) is 6.29 Å². The molecule has 13 heavy (non-hydrogen) atoms. The highest BCUT2D eigenvalue weighted by Crippen LogP contribution is 2.17. The van der Waals surface area contributed by atoms with Crippen LogP contribution in [0.25, 0.3) is 0 Å². The monoisotopic (exact) mass is 180 g/mol. The van der Waals surface area contributed by atoms with Crippen molar-refractivity contribution in [1.82, 2.24) is 0 Å². The van der Waals surface area contributed by atoms with Crippen LogP contribution < -0.4 is 0 Å². The first kappa shape index (κ1) is 12.2. The summed E-state index contributed by atoms with van der Waals surface area (Å²) in [7, 11) is 0. The third-order valence-electron chi connectivity index (χ3n) is 1.91. The van der Waals surface area contributed by atoms with Crippen molar-refractivity contribution in [2.45, 2.75) is 39.5 Å². The summed E-state index contributed by atoms with van der Waals surface area (Å²) in [5.41, 5.74) is -0.199. The van der Waals surface area contributed by atoms with E-state index < -0.39 is 0 Å². The van der Waals surface area contributed by atoms with Crippen molar-refractivity contribution in [3.05, 3.63) is 24.8 Å². The first-order valence-electron chi connectivity index (χ1n) is 4.84. The molecule has 74 valence electrons. The minimum Gasteiger partial charge on any atom is -0.303 e. The van der Waals surface area contributed by atoms with Crippen LogP contribution in [0.3, 0.4) is 0 Å². The highest BCUT2D eigenvalue weighted by atomic mass is 16.1. The van der Waals surface area contributed by atoms with Gasteiger partial charge in [0.2, 0.25) is 0 Å². The van der Waals surface area contributed by atoms with E-state index in [4.69, 9.17) is 0 Å². The average Bonchev–Trinajstić information content (AvgIpc) is 2.11. The molecule has 0 N–H and O–H groups in total. The molecule has 0 bridgehead atoms. The van der Waals surface area contributed by atoms with Crippen LogP contribution in [0.1, 0.15) is 39.5 Å². The molecule has 0 aliphatic rings. The predicted molar refractivity (Wildman–Crippen MR) is 57.7 cm³/mol. The van der Waals surface area contributed by atoms with E-state index in [9.17, 15) is 4.79 Å². The Hall–Kier alpha value is -0.850. The molecule has 0 atom stereocenters. The van der Waals surface area contributed by atoms with E-state index in [1.165, 1.54) is 0 Å². The molecule has 1 nitrogen and oxygen atoms in total. The summed E-state index contributed by atoms with van der Waals surface area (Å²) in [5, 5.41) is 0. The first-order valence-corrected chi connectivity index (χ1v) is 4.84. The number of rotatable bonds is 7. The third kappa shape index (κ3) is 7.51. The van der Waals surface area contributed by atoms with Gasteiger partial charge in [-0.15, -0.1) is 6.58 Å². The summed E-state index contributed by atoms with van der Waals surface area (Å²) >= 11 is 0. The standard InChI is InChI=1S/C12H20O/c1-4-5-6-7-8-9-10-12(2,3)11-13/h4,8-9,11H,1,5-7,10H2,2-3H3/b9-8+. The van der Waals surface area contributed by atoms with Gasteiger partial charge in [0.1, 0.15) is 6.29 Å². The Bertz CT molecular complexity index is 178. The van der Waals surface area contributed by atoms with Crippen LogP contribution in [0, 0.1) is 5.41 Å². The lowest BCUT2D eigenvalue weighted by atomic mass is 9.91. The van der Waals surface area contributed by atoms with Crippen molar-refractivity contribution in [3.63, 3.8) is 0 Å². The number of aldehydes is 1. The Labute approximate surface area is 81.5 Å². The zero-order valence-electron chi connectivity index (χ0n) is 8.75. The van der Waals surface area contributed by atoms with Gasteiger partial charge in [-0.25, -0.2) is 0 Å². The normalized spacial score (nSPS) is 11.8. The number of unbranched alkanes of at least 4 members (excludes halogenated alkanes) is 2. The number of carbonyl (C=O) groups excluding carboxylic acids is 1. The number of allylic oxidation sites excluding steroid dienone is 3. The number of carbonyl (C=O) groups is 1. The lowest BCUT2D eigenvalue weighted by molar-refractivity contribution is -0.114. The molecule has 0 aromatic heterocycles. The van der Waals surface area contributed by atoms with Crippen molar-refractivity contribution in [3.8, 4) is 0 Å². The van der Waals surface area contributed by atoms with Gasteiger partial charge in [0.05, 0.1) is 0 Å². The van der Waals surface area contributed by atoms with Gasteiger partial charge in [0.25, 0.3) is 0 Å². The molecule has 0 amide bonds. The topological polar surface area (TPSA) is 17.1 Å². The first-order chi connectivity index (χ1) is 6.12. The molecule has 0 heterocycles. The molecule has 0 aromatic carbocycles. The maximum Gasteiger partial charge on any atom is 0.125 e. The van der Waals surface area contributed by atoms with Crippen molar-refractivity contribution in [1.29, 1.82) is 0 Å². The minimum atomic E-state index is -0.199. The molecular weight excluding hydrogens is 160 g/mol. The molecule has 0 aliphatic heterocycles. The summed E-state index contributed by atoms with van der Waals surface area (Å²) < 4.78 is 0. The van der Waals surface area contributed by atoms with Crippen LogP contribution in [-0.2, 0) is 4.79 Å². The summed E-state index contributed by atoms with van der Waals surface area (Å²) in [6, 6.07) is 0. The van der Waals surface area contributed by atoms with Crippen molar-refractivity contribution in [2.75, 3.05) is 0 Å². The van der Waals surface area contributed by atoms with Gasteiger partial charge in [-0.3, -0.25) is 0 Å². The smallest absolute Gasteiger partial charge is 0.125 e. The Morgan fingerprint density at radius 2 is 1.92 bits per heavy atom. The fraction of sp³-hybridized carbons (Fsp3) is 0.583. The second-order valence-electron chi connectivity index (χ2n) is 4.00. The highest BCUT2D eigenvalue weighted by Gasteiger charge is 2.13. The Morgan fingerprint density at radius 1 is 1.23 bits per heavy atom.